The van der Waals surface area contributed by atoms with Crippen LogP contribution in [0.2, 0.25) is 0 Å². The molecule has 0 atom stereocenters. The first kappa shape index (κ1) is 15.3. The summed E-state index contributed by atoms with van der Waals surface area (Å²) >= 11 is 1.93. The van der Waals surface area contributed by atoms with Gasteiger partial charge < -0.3 is 10.1 Å². The molecule has 122 valence electrons. The van der Waals surface area contributed by atoms with Gasteiger partial charge in [0.1, 0.15) is 5.75 Å². The molecule has 2 heterocycles. The van der Waals surface area contributed by atoms with E-state index in [1.54, 1.807) is 0 Å². The molecule has 1 aromatic heterocycles. The van der Waals surface area contributed by atoms with E-state index in [-0.39, 0.29) is 0 Å². The van der Waals surface area contributed by atoms with Gasteiger partial charge in [-0.2, -0.15) is 11.8 Å². The molecule has 3 aromatic rings. The summed E-state index contributed by atoms with van der Waals surface area (Å²) in [7, 11) is 0. The highest BCUT2D eigenvalue weighted by Crippen LogP contribution is 2.39. The topological polar surface area (TPSA) is 34.1 Å². The van der Waals surface area contributed by atoms with Crippen molar-refractivity contribution in [3.8, 4) is 5.75 Å². The van der Waals surface area contributed by atoms with Gasteiger partial charge in [0.25, 0.3) is 0 Å². The molecular formula is C20H20N2OS. The van der Waals surface area contributed by atoms with E-state index in [0.29, 0.717) is 0 Å². The van der Waals surface area contributed by atoms with Crippen molar-refractivity contribution in [2.24, 2.45) is 0 Å². The molecule has 0 bridgehead atoms. The summed E-state index contributed by atoms with van der Waals surface area (Å²) in [6.45, 7) is 2.87. The zero-order chi connectivity index (χ0) is 16.4. The van der Waals surface area contributed by atoms with Crippen molar-refractivity contribution < 1.29 is 4.74 Å². The molecule has 0 amide bonds. The number of pyridine rings is 1. The minimum absolute atomic E-state index is 0.756. The Labute approximate surface area is 146 Å². The number of hydrogen-bond acceptors (Lipinski definition) is 4. The van der Waals surface area contributed by atoms with Crippen molar-refractivity contribution in [2.75, 3.05) is 11.9 Å². The van der Waals surface area contributed by atoms with Crippen LogP contribution in [0.25, 0.3) is 10.9 Å². The zero-order valence-electron chi connectivity index (χ0n) is 13.7. The number of aromatic nitrogens is 1. The predicted molar refractivity (Wildman–Crippen MR) is 102 cm³/mol. The second-order valence-electron chi connectivity index (χ2n) is 5.92. The van der Waals surface area contributed by atoms with Crippen LogP contribution in [0.4, 0.5) is 11.4 Å². The summed E-state index contributed by atoms with van der Waals surface area (Å²) in [6, 6.07) is 16.6. The zero-order valence-corrected chi connectivity index (χ0v) is 14.5. The van der Waals surface area contributed by atoms with E-state index in [0.717, 1.165) is 41.5 Å². The molecule has 24 heavy (non-hydrogen) atoms. The highest BCUT2D eigenvalue weighted by atomic mass is 32.2. The second-order valence-corrected chi connectivity index (χ2v) is 6.91. The lowest BCUT2D eigenvalue weighted by atomic mass is 10.1. The number of ether oxygens (including phenoxy) is 1. The monoisotopic (exact) mass is 336 g/mol. The van der Waals surface area contributed by atoms with Gasteiger partial charge >= 0.3 is 0 Å². The average Bonchev–Trinajstić information content (AvgIpc) is 3.09. The molecule has 0 saturated heterocycles. The Morgan fingerprint density at radius 3 is 2.75 bits per heavy atom. The second kappa shape index (κ2) is 6.73. The van der Waals surface area contributed by atoms with Gasteiger partial charge in [-0.25, -0.2) is 0 Å². The summed E-state index contributed by atoms with van der Waals surface area (Å²) < 4.78 is 5.66. The summed E-state index contributed by atoms with van der Waals surface area (Å²) in [5.41, 5.74) is 5.88. The minimum Gasteiger partial charge on any atom is -0.494 e. The number of para-hydroxylation sites is 1. The molecule has 0 unspecified atom stereocenters. The third-order valence-corrected chi connectivity index (χ3v) is 5.13. The SMILES string of the molecule is CCCOc1ccc(Nc2c3c(nc4ccccc24)CSC3)cc1. The van der Waals surface area contributed by atoms with Crippen molar-refractivity contribution in [1.82, 2.24) is 4.98 Å². The maximum atomic E-state index is 5.66. The van der Waals surface area contributed by atoms with Gasteiger partial charge in [-0.3, -0.25) is 4.98 Å². The first-order valence-electron chi connectivity index (χ1n) is 8.33. The maximum Gasteiger partial charge on any atom is 0.119 e. The van der Waals surface area contributed by atoms with Gasteiger partial charge in [-0.1, -0.05) is 25.1 Å². The lowest BCUT2D eigenvalue weighted by Crippen LogP contribution is -2.00. The highest BCUT2D eigenvalue weighted by Gasteiger charge is 2.19. The standard InChI is InChI=1S/C20H20N2OS/c1-2-11-23-15-9-7-14(8-10-15)21-20-16-5-3-4-6-18(16)22-19-13-24-12-17(19)20/h3-10H,2,11-13H2,1H3,(H,21,22). The van der Waals surface area contributed by atoms with Crippen molar-refractivity contribution in [1.29, 1.82) is 0 Å². The fourth-order valence-corrected chi connectivity index (χ4v) is 4.02. The summed E-state index contributed by atoms with van der Waals surface area (Å²) in [4.78, 5) is 4.83. The molecular weight excluding hydrogens is 316 g/mol. The molecule has 1 aliphatic rings. The van der Waals surface area contributed by atoms with Crippen LogP contribution in [0, 0.1) is 0 Å². The number of rotatable bonds is 5. The molecule has 0 saturated carbocycles. The molecule has 0 aliphatic carbocycles. The number of fused-ring (bicyclic) bond motifs is 2. The van der Waals surface area contributed by atoms with Gasteiger partial charge in [0.05, 0.1) is 23.5 Å². The number of benzene rings is 2. The lowest BCUT2D eigenvalue weighted by Gasteiger charge is -2.15. The molecule has 4 heteroatoms. The molecule has 0 spiro atoms. The van der Waals surface area contributed by atoms with Crippen LogP contribution in [0.15, 0.2) is 48.5 Å². The molecule has 4 rings (SSSR count). The van der Waals surface area contributed by atoms with Gasteiger partial charge in [0, 0.05) is 28.1 Å². The molecule has 3 nitrogen and oxygen atoms in total. The Bertz CT molecular complexity index is 861. The Kier molecular flexibility index (Phi) is 4.30. The van der Waals surface area contributed by atoms with Gasteiger partial charge in [-0.15, -0.1) is 0 Å². The van der Waals surface area contributed by atoms with E-state index in [9.17, 15) is 0 Å². The van der Waals surface area contributed by atoms with E-state index in [1.807, 2.05) is 30.0 Å². The van der Waals surface area contributed by atoms with E-state index >= 15 is 0 Å². The number of hydrogen-bond donors (Lipinski definition) is 1. The largest absolute Gasteiger partial charge is 0.494 e. The number of nitrogens with one attached hydrogen (secondary N) is 1. The van der Waals surface area contributed by atoms with E-state index < -0.39 is 0 Å². The summed E-state index contributed by atoms with van der Waals surface area (Å²) in [6.07, 6.45) is 1.02. The first-order chi connectivity index (χ1) is 11.8. The van der Waals surface area contributed by atoms with Crippen molar-refractivity contribution in [3.63, 3.8) is 0 Å². The first-order valence-corrected chi connectivity index (χ1v) is 9.48. The smallest absolute Gasteiger partial charge is 0.119 e. The third-order valence-electron chi connectivity index (χ3n) is 4.16. The van der Waals surface area contributed by atoms with Crippen LogP contribution < -0.4 is 10.1 Å². The quantitative estimate of drug-likeness (QED) is 0.666. The Morgan fingerprint density at radius 2 is 1.92 bits per heavy atom. The number of anilines is 2. The number of thioether (sulfide) groups is 1. The van der Waals surface area contributed by atoms with Gasteiger partial charge in [0.2, 0.25) is 0 Å². The molecule has 1 aliphatic heterocycles. The van der Waals surface area contributed by atoms with Crippen LogP contribution in [0.5, 0.6) is 5.75 Å². The maximum absolute atomic E-state index is 5.66. The van der Waals surface area contributed by atoms with E-state index in [4.69, 9.17) is 9.72 Å². The van der Waals surface area contributed by atoms with Gasteiger partial charge in [0.15, 0.2) is 0 Å². The van der Waals surface area contributed by atoms with E-state index in [2.05, 4.69) is 42.6 Å². The average molecular weight is 336 g/mol. The van der Waals surface area contributed by atoms with Crippen LogP contribution in [-0.4, -0.2) is 11.6 Å². The van der Waals surface area contributed by atoms with E-state index in [1.165, 1.54) is 22.3 Å². The Balaban J connectivity index is 1.69. The van der Waals surface area contributed by atoms with Crippen molar-refractivity contribution in [2.45, 2.75) is 24.9 Å². The molecule has 1 N–H and O–H groups in total. The van der Waals surface area contributed by atoms with Gasteiger partial charge in [-0.05, 0) is 36.8 Å². The van der Waals surface area contributed by atoms with Crippen LogP contribution in [0.1, 0.15) is 24.6 Å². The van der Waals surface area contributed by atoms with Crippen LogP contribution in [0.3, 0.4) is 0 Å². The summed E-state index contributed by atoms with van der Waals surface area (Å²) in [5.74, 6) is 2.94. The molecule has 0 fully saturated rings. The molecule has 0 radical (unpaired) electrons. The summed E-state index contributed by atoms with van der Waals surface area (Å²) in [5, 5.41) is 4.81. The fraction of sp³-hybridized carbons (Fsp3) is 0.250. The predicted octanol–water partition coefficient (Wildman–Crippen LogP) is 5.51. The van der Waals surface area contributed by atoms with Crippen molar-refractivity contribution in [3.05, 3.63) is 59.8 Å². The third kappa shape index (κ3) is 2.94. The molecule has 2 aromatic carbocycles. The fourth-order valence-electron chi connectivity index (χ4n) is 2.97. The Hall–Kier alpha value is -2.20. The van der Waals surface area contributed by atoms with Crippen LogP contribution in [-0.2, 0) is 11.5 Å². The highest BCUT2D eigenvalue weighted by molar-refractivity contribution is 7.98. The minimum atomic E-state index is 0.756. The Morgan fingerprint density at radius 1 is 1.08 bits per heavy atom. The lowest BCUT2D eigenvalue weighted by molar-refractivity contribution is 0.317. The van der Waals surface area contributed by atoms with Crippen LogP contribution >= 0.6 is 11.8 Å². The van der Waals surface area contributed by atoms with Crippen molar-refractivity contribution >= 4 is 34.0 Å². The normalized spacial score (nSPS) is 13.0. The number of nitrogens with zero attached hydrogens (tertiary/aromatic N) is 1.